The van der Waals surface area contributed by atoms with Crippen molar-refractivity contribution in [3.05, 3.63) is 58.7 Å². The zero-order valence-electron chi connectivity index (χ0n) is 12.8. The van der Waals surface area contributed by atoms with Gasteiger partial charge in [-0.2, -0.15) is 5.26 Å². The Balaban J connectivity index is 2.22. The van der Waals surface area contributed by atoms with Crippen LogP contribution in [0.5, 0.6) is 5.75 Å². The number of pyridine rings is 2. The van der Waals surface area contributed by atoms with E-state index in [0.717, 1.165) is 5.56 Å². The Morgan fingerprint density at radius 1 is 1.17 bits per heavy atom. The second-order valence-corrected chi connectivity index (χ2v) is 5.72. The summed E-state index contributed by atoms with van der Waals surface area (Å²) in [4.78, 5) is 8.62. The number of nitrogens with two attached hydrogens (primary N) is 1. The maximum atomic E-state index is 9.59. The number of phenols is 1. The van der Waals surface area contributed by atoms with Crippen LogP contribution in [0.15, 0.2) is 42.6 Å². The van der Waals surface area contributed by atoms with Crippen LogP contribution in [-0.4, -0.2) is 15.1 Å². The zero-order valence-corrected chi connectivity index (χ0v) is 13.5. The van der Waals surface area contributed by atoms with Crippen LogP contribution in [0.25, 0.3) is 22.5 Å². The molecule has 0 radical (unpaired) electrons. The van der Waals surface area contributed by atoms with E-state index in [1.807, 2.05) is 19.1 Å². The molecule has 0 aliphatic rings. The van der Waals surface area contributed by atoms with Crippen LogP contribution in [0.1, 0.15) is 11.1 Å². The summed E-state index contributed by atoms with van der Waals surface area (Å²) >= 11 is 5.98. The molecule has 0 amide bonds. The number of nitriles is 1. The Morgan fingerprint density at radius 3 is 2.58 bits per heavy atom. The van der Waals surface area contributed by atoms with Crippen LogP contribution in [0.4, 0.5) is 5.82 Å². The number of halogens is 1. The maximum absolute atomic E-state index is 9.59. The first-order chi connectivity index (χ1) is 11.5. The van der Waals surface area contributed by atoms with Crippen molar-refractivity contribution in [2.45, 2.75) is 6.92 Å². The number of aryl methyl sites for hydroxylation is 1. The fourth-order valence-electron chi connectivity index (χ4n) is 2.33. The number of aromatic nitrogens is 2. The summed E-state index contributed by atoms with van der Waals surface area (Å²) < 4.78 is 0. The number of hydrogen-bond donors (Lipinski definition) is 2. The first kappa shape index (κ1) is 15.8. The van der Waals surface area contributed by atoms with Gasteiger partial charge in [-0.3, -0.25) is 4.98 Å². The van der Waals surface area contributed by atoms with Gasteiger partial charge in [-0.05, 0) is 42.3 Å². The molecule has 3 aromatic rings. The van der Waals surface area contributed by atoms with Crippen molar-refractivity contribution < 1.29 is 5.11 Å². The van der Waals surface area contributed by atoms with Gasteiger partial charge < -0.3 is 10.8 Å². The lowest BCUT2D eigenvalue weighted by molar-refractivity contribution is 0.475. The fraction of sp³-hybridized carbons (Fsp3) is 0.0556. The Labute approximate surface area is 144 Å². The summed E-state index contributed by atoms with van der Waals surface area (Å²) in [7, 11) is 0. The van der Waals surface area contributed by atoms with Crippen LogP contribution in [-0.2, 0) is 0 Å². The molecule has 24 heavy (non-hydrogen) atoms. The predicted octanol–water partition coefficient (Wildman–Crippen LogP) is 3.93. The number of aromatic hydroxyl groups is 1. The molecule has 0 bridgehead atoms. The van der Waals surface area contributed by atoms with Crippen molar-refractivity contribution >= 4 is 17.4 Å². The summed E-state index contributed by atoms with van der Waals surface area (Å²) in [6.45, 7) is 1.95. The largest absolute Gasteiger partial charge is 0.506 e. The van der Waals surface area contributed by atoms with Crippen LogP contribution in [0, 0.1) is 18.3 Å². The molecule has 0 atom stereocenters. The van der Waals surface area contributed by atoms with Crippen LogP contribution in [0.2, 0.25) is 5.02 Å². The minimum atomic E-state index is -0.0265. The lowest BCUT2D eigenvalue weighted by Gasteiger charge is -2.10. The average Bonchev–Trinajstić information content (AvgIpc) is 2.57. The van der Waals surface area contributed by atoms with Gasteiger partial charge in [-0.1, -0.05) is 23.7 Å². The van der Waals surface area contributed by atoms with E-state index in [-0.39, 0.29) is 22.2 Å². The minimum Gasteiger partial charge on any atom is -0.506 e. The predicted molar refractivity (Wildman–Crippen MR) is 93.4 cm³/mol. The van der Waals surface area contributed by atoms with E-state index in [1.165, 1.54) is 6.07 Å². The Hall–Kier alpha value is -3.10. The summed E-state index contributed by atoms with van der Waals surface area (Å²) in [6.07, 6.45) is 1.74. The molecule has 0 fully saturated rings. The summed E-state index contributed by atoms with van der Waals surface area (Å²) in [5.41, 5.74) is 9.72. The van der Waals surface area contributed by atoms with Crippen molar-refractivity contribution in [1.82, 2.24) is 9.97 Å². The highest BCUT2D eigenvalue weighted by atomic mass is 35.5. The normalized spacial score (nSPS) is 10.4. The van der Waals surface area contributed by atoms with E-state index in [4.69, 9.17) is 17.3 Å². The van der Waals surface area contributed by atoms with E-state index in [2.05, 4.69) is 16.0 Å². The molecule has 6 heteroatoms. The van der Waals surface area contributed by atoms with Gasteiger partial charge in [0.05, 0.1) is 16.4 Å². The van der Waals surface area contributed by atoms with Crippen molar-refractivity contribution in [1.29, 1.82) is 5.26 Å². The van der Waals surface area contributed by atoms with E-state index in [0.29, 0.717) is 22.5 Å². The zero-order chi connectivity index (χ0) is 17.3. The molecule has 1 aromatic carbocycles. The number of anilines is 1. The van der Waals surface area contributed by atoms with Crippen molar-refractivity contribution in [2.75, 3.05) is 5.73 Å². The lowest BCUT2D eigenvalue weighted by atomic mass is 9.99. The molecular weight excluding hydrogens is 324 g/mol. The van der Waals surface area contributed by atoms with Gasteiger partial charge in [0.25, 0.3) is 0 Å². The van der Waals surface area contributed by atoms with Gasteiger partial charge in [0.15, 0.2) is 0 Å². The SMILES string of the molecule is Cc1ccc(-c2cc(-c3ccc(O)c(Cl)c3)c(C#N)c(N)n2)nc1. The van der Waals surface area contributed by atoms with E-state index >= 15 is 0 Å². The molecule has 118 valence electrons. The third-order valence-electron chi connectivity index (χ3n) is 3.59. The smallest absolute Gasteiger partial charge is 0.142 e. The molecule has 0 aliphatic carbocycles. The van der Waals surface area contributed by atoms with E-state index < -0.39 is 0 Å². The number of hydrogen-bond acceptors (Lipinski definition) is 5. The van der Waals surface area contributed by atoms with Gasteiger partial charge >= 0.3 is 0 Å². The number of nitrogens with zero attached hydrogens (tertiary/aromatic N) is 3. The molecular formula is C18H13ClN4O. The van der Waals surface area contributed by atoms with Crippen molar-refractivity contribution in [3.8, 4) is 34.3 Å². The highest BCUT2D eigenvalue weighted by Gasteiger charge is 2.15. The molecule has 0 saturated heterocycles. The molecule has 2 heterocycles. The Morgan fingerprint density at radius 2 is 1.96 bits per heavy atom. The molecule has 0 aliphatic heterocycles. The van der Waals surface area contributed by atoms with Crippen molar-refractivity contribution in [2.24, 2.45) is 0 Å². The van der Waals surface area contributed by atoms with Crippen LogP contribution >= 0.6 is 11.6 Å². The van der Waals surface area contributed by atoms with Gasteiger partial charge in [0.2, 0.25) is 0 Å². The molecule has 3 rings (SSSR count). The quantitative estimate of drug-likeness (QED) is 0.739. The first-order valence-electron chi connectivity index (χ1n) is 7.12. The number of benzene rings is 1. The van der Waals surface area contributed by atoms with Crippen LogP contribution in [0.3, 0.4) is 0 Å². The second-order valence-electron chi connectivity index (χ2n) is 5.31. The topological polar surface area (TPSA) is 95.8 Å². The van der Waals surface area contributed by atoms with Gasteiger partial charge in [0, 0.05) is 11.8 Å². The third-order valence-corrected chi connectivity index (χ3v) is 3.89. The Kier molecular flexibility index (Phi) is 4.07. The monoisotopic (exact) mass is 336 g/mol. The molecule has 0 saturated carbocycles. The maximum Gasteiger partial charge on any atom is 0.142 e. The third kappa shape index (κ3) is 2.87. The van der Waals surface area contributed by atoms with Crippen molar-refractivity contribution in [3.63, 3.8) is 0 Å². The summed E-state index contributed by atoms with van der Waals surface area (Å²) in [6, 6.07) is 12.3. The molecule has 3 N–H and O–H groups in total. The standard InChI is InChI=1S/C18H13ClN4O/c1-10-2-4-15(22-9-10)16-7-12(13(8-20)18(21)23-16)11-3-5-17(24)14(19)6-11/h2-7,9,24H,1H3,(H2,21,23). The summed E-state index contributed by atoms with van der Waals surface area (Å²) in [5, 5.41) is 19.2. The lowest BCUT2D eigenvalue weighted by Crippen LogP contribution is -2.00. The van der Waals surface area contributed by atoms with Gasteiger partial charge in [0.1, 0.15) is 23.2 Å². The average molecular weight is 337 g/mol. The number of rotatable bonds is 2. The number of nitrogen functional groups attached to an aromatic ring is 1. The van der Waals surface area contributed by atoms with E-state index in [1.54, 1.807) is 24.4 Å². The fourth-order valence-corrected chi connectivity index (χ4v) is 2.52. The van der Waals surface area contributed by atoms with Gasteiger partial charge in [-0.25, -0.2) is 4.98 Å². The second kappa shape index (κ2) is 6.19. The van der Waals surface area contributed by atoms with Gasteiger partial charge in [-0.15, -0.1) is 0 Å². The minimum absolute atomic E-state index is 0.0265. The molecule has 2 aromatic heterocycles. The first-order valence-corrected chi connectivity index (χ1v) is 7.50. The Bertz CT molecular complexity index is 962. The molecule has 0 spiro atoms. The van der Waals surface area contributed by atoms with E-state index in [9.17, 15) is 10.4 Å². The summed E-state index contributed by atoms with van der Waals surface area (Å²) in [5.74, 6) is 0.0953. The van der Waals surface area contributed by atoms with Crippen LogP contribution < -0.4 is 5.73 Å². The molecule has 0 unspecified atom stereocenters. The highest BCUT2D eigenvalue weighted by Crippen LogP contribution is 2.34. The highest BCUT2D eigenvalue weighted by molar-refractivity contribution is 6.32. The number of phenolic OH excluding ortho intramolecular Hbond substituents is 1. The molecule has 5 nitrogen and oxygen atoms in total.